The minimum atomic E-state index is -1.14. The fourth-order valence-electron chi connectivity index (χ4n) is 1.65. The first-order valence-electron chi connectivity index (χ1n) is 6.37. The largest absolute Gasteiger partial charge is 0.479 e. The van der Waals surface area contributed by atoms with Gasteiger partial charge in [-0.05, 0) is 24.6 Å². The van der Waals surface area contributed by atoms with E-state index in [4.69, 9.17) is 9.84 Å². The van der Waals surface area contributed by atoms with Crippen molar-refractivity contribution in [1.82, 2.24) is 5.32 Å². The number of nitro benzene ring substituents is 1. The van der Waals surface area contributed by atoms with E-state index in [9.17, 15) is 14.9 Å². The molecule has 110 valence electrons. The van der Waals surface area contributed by atoms with E-state index < -0.39 is 17.0 Å². The molecule has 0 amide bonds. The molecule has 2 N–H and O–H groups in total. The molecule has 0 bridgehead atoms. The highest BCUT2D eigenvalue weighted by Crippen LogP contribution is 2.29. The van der Waals surface area contributed by atoms with Crippen LogP contribution in [0.2, 0.25) is 0 Å². The predicted molar refractivity (Wildman–Crippen MR) is 72.8 cm³/mol. The van der Waals surface area contributed by atoms with Crippen molar-refractivity contribution in [2.45, 2.75) is 32.9 Å². The molecule has 0 spiro atoms. The van der Waals surface area contributed by atoms with Gasteiger partial charge in [0.1, 0.15) is 0 Å². The van der Waals surface area contributed by atoms with Crippen molar-refractivity contribution in [3.63, 3.8) is 0 Å². The first-order chi connectivity index (χ1) is 9.49. The van der Waals surface area contributed by atoms with E-state index in [-0.39, 0.29) is 17.9 Å². The van der Waals surface area contributed by atoms with E-state index in [0.29, 0.717) is 6.54 Å². The van der Waals surface area contributed by atoms with Crippen LogP contribution in [-0.2, 0) is 11.3 Å². The van der Waals surface area contributed by atoms with Gasteiger partial charge in [-0.3, -0.25) is 10.1 Å². The number of ether oxygens (including phenoxy) is 1. The lowest BCUT2D eigenvalue weighted by molar-refractivity contribution is -0.386. The molecule has 0 aliphatic heterocycles. The zero-order valence-corrected chi connectivity index (χ0v) is 11.5. The Bertz CT molecular complexity index is 490. The minimum Gasteiger partial charge on any atom is -0.479 e. The average molecular weight is 282 g/mol. The van der Waals surface area contributed by atoms with E-state index in [0.717, 1.165) is 12.1 Å². The summed E-state index contributed by atoms with van der Waals surface area (Å²) >= 11 is 0. The fourth-order valence-corrected chi connectivity index (χ4v) is 1.65. The van der Waals surface area contributed by atoms with Crippen LogP contribution >= 0.6 is 0 Å². The Morgan fingerprint density at radius 1 is 1.50 bits per heavy atom. The van der Waals surface area contributed by atoms with Gasteiger partial charge in [-0.2, -0.15) is 0 Å². The van der Waals surface area contributed by atoms with Gasteiger partial charge in [-0.25, -0.2) is 4.79 Å². The van der Waals surface area contributed by atoms with Crippen LogP contribution in [0.5, 0.6) is 5.75 Å². The highest BCUT2D eigenvalue weighted by Gasteiger charge is 2.23. The van der Waals surface area contributed by atoms with E-state index in [2.05, 4.69) is 5.32 Å². The summed E-state index contributed by atoms with van der Waals surface area (Å²) in [6.07, 6.45) is -0.862. The molecule has 1 aromatic carbocycles. The summed E-state index contributed by atoms with van der Waals surface area (Å²) in [5, 5.41) is 23.0. The number of carboxylic acid groups (broad SMARTS) is 1. The average Bonchev–Trinajstić information content (AvgIpc) is 2.42. The summed E-state index contributed by atoms with van der Waals surface area (Å²) in [6, 6.07) is 4.52. The Hall–Kier alpha value is -2.15. The molecular weight excluding hydrogens is 264 g/mol. The molecule has 0 radical (unpaired) electrons. The minimum absolute atomic E-state index is 0.0236. The summed E-state index contributed by atoms with van der Waals surface area (Å²) in [5.74, 6) is -1.16. The lowest BCUT2D eigenvalue weighted by Crippen LogP contribution is -2.26. The molecule has 0 fully saturated rings. The Labute approximate surface area is 116 Å². The Morgan fingerprint density at radius 2 is 2.20 bits per heavy atom. The first kappa shape index (κ1) is 15.9. The third-order valence-electron chi connectivity index (χ3n) is 2.71. The Morgan fingerprint density at radius 3 is 2.70 bits per heavy atom. The van der Waals surface area contributed by atoms with Gasteiger partial charge in [0.2, 0.25) is 0 Å². The Balaban J connectivity index is 3.00. The molecule has 0 aliphatic rings. The van der Waals surface area contributed by atoms with Crippen LogP contribution in [0.25, 0.3) is 0 Å². The summed E-state index contributed by atoms with van der Waals surface area (Å²) < 4.78 is 5.22. The van der Waals surface area contributed by atoms with Gasteiger partial charge in [-0.1, -0.05) is 19.9 Å². The monoisotopic (exact) mass is 282 g/mol. The van der Waals surface area contributed by atoms with E-state index in [1.165, 1.54) is 12.1 Å². The van der Waals surface area contributed by atoms with Crippen molar-refractivity contribution in [2.75, 3.05) is 6.54 Å². The van der Waals surface area contributed by atoms with Gasteiger partial charge >= 0.3 is 11.7 Å². The van der Waals surface area contributed by atoms with Crippen LogP contribution in [0.4, 0.5) is 5.69 Å². The number of hydrogen-bond acceptors (Lipinski definition) is 5. The number of carboxylic acids is 1. The highest BCUT2D eigenvalue weighted by molar-refractivity contribution is 5.73. The van der Waals surface area contributed by atoms with Crippen LogP contribution in [0.15, 0.2) is 18.2 Å². The summed E-state index contributed by atoms with van der Waals surface area (Å²) in [4.78, 5) is 21.4. The fraction of sp³-hybridized carbons (Fsp3) is 0.462. The smallest absolute Gasteiger partial charge is 0.344 e. The zero-order valence-electron chi connectivity index (χ0n) is 11.5. The van der Waals surface area contributed by atoms with Crippen LogP contribution in [0, 0.1) is 10.1 Å². The highest BCUT2D eigenvalue weighted by atomic mass is 16.6. The van der Waals surface area contributed by atoms with Crippen LogP contribution in [-0.4, -0.2) is 28.6 Å². The van der Waals surface area contributed by atoms with Crippen molar-refractivity contribution < 1.29 is 19.6 Å². The molecule has 0 saturated carbocycles. The molecule has 7 nitrogen and oxygen atoms in total. The molecule has 1 rings (SSSR count). The number of nitrogens with one attached hydrogen (secondary N) is 1. The summed E-state index contributed by atoms with van der Waals surface area (Å²) in [7, 11) is 0. The SMILES string of the molecule is CCNCc1ccc(OC(CC)C(=O)O)c([N+](=O)[O-])c1. The van der Waals surface area contributed by atoms with Gasteiger partial charge in [0.05, 0.1) is 4.92 Å². The van der Waals surface area contributed by atoms with Crippen LogP contribution in [0.3, 0.4) is 0 Å². The molecule has 7 heteroatoms. The van der Waals surface area contributed by atoms with Crippen molar-refractivity contribution in [3.05, 3.63) is 33.9 Å². The molecular formula is C13H18N2O5. The number of nitro groups is 1. The summed E-state index contributed by atoms with van der Waals surface area (Å²) in [6.45, 7) is 4.84. The number of rotatable bonds is 8. The second-order valence-corrected chi connectivity index (χ2v) is 4.19. The molecule has 1 aromatic rings. The number of hydrogen-bond donors (Lipinski definition) is 2. The first-order valence-corrected chi connectivity index (χ1v) is 6.37. The van der Waals surface area contributed by atoms with Crippen molar-refractivity contribution in [3.8, 4) is 5.75 Å². The lowest BCUT2D eigenvalue weighted by atomic mass is 10.2. The third kappa shape index (κ3) is 4.20. The maximum absolute atomic E-state index is 11.0. The second kappa shape index (κ2) is 7.44. The molecule has 0 saturated heterocycles. The second-order valence-electron chi connectivity index (χ2n) is 4.19. The predicted octanol–water partition coefficient (Wildman–Crippen LogP) is 1.95. The van der Waals surface area contributed by atoms with Crippen LogP contribution < -0.4 is 10.1 Å². The number of nitrogens with zero attached hydrogens (tertiary/aromatic N) is 1. The number of benzene rings is 1. The van der Waals surface area contributed by atoms with Gasteiger partial charge in [0.25, 0.3) is 0 Å². The molecule has 0 aliphatic carbocycles. The molecule has 1 atom stereocenters. The van der Waals surface area contributed by atoms with E-state index >= 15 is 0 Å². The maximum Gasteiger partial charge on any atom is 0.344 e. The maximum atomic E-state index is 11.0. The standard InChI is InChI=1S/C13H18N2O5/c1-3-11(13(16)17)20-12-6-5-9(8-14-4-2)7-10(12)15(18)19/h5-7,11,14H,3-4,8H2,1-2H3,(H,16,17). The normalized spacial score (nSPS) is 11.9. The molecule has 1 unspecified atom stereocenters. The molecule has 0 heterocycles. The Kier molecular flexibility index (Phi) is 5.92. The quantitative estimate of drug-likeness (QED) is 0.558. The molecule has 20 heavy (non-hydrogen) atoms. The van der Waals surface area contributed by atoms with E-state index in [1.54, 1.807) is 13.0 Å². The van der Waals surface area contributed by atoms with E-state index in [1.807, 2.05) is 6.92 Å². The summed E-state index contributed by atoms with van der Waals surface area (Å²) in [5.41, 5.74) is 0.523. The van der Waals surface area contributed by atoms with Crippen molar-refractivity contribution in [2.24, 2.45) is 0 Å². The third-order valence-corrected chi connectivity index (χ3v) is 2.71. The van der Waals surface area contributed by atoms with Crippen LogP contribution in [0.1, 0.15) is 25.8 Å². The zero-order chi connectivity index (χ0) is 15.1. The topological polar surface area (TPSA) is 102 Å². The van der Waals surface area contributed by atoms with Gasteiger partial charge in [0.15, 0.2) is 11.9 Å². The number of carbonyl (C=O) groups is 1. The van der Waals surface area contributed by atoms with Gasteiger partial charge < -0.3 is 15.2 Å². The van der Waals surface area contributed by atoms with Gasteiger partial charge in [-0.15, -0.1) is 0 Å². The van der Waals surface area contributed by atoms with Gasteiger partial charge in [0, 0.05) is 12.6 Å². The van der Waals surface area contributed by atoms with Crippen molar-refractivity contribution >= 4 is 11.7 Å². The molecule has 0 aromatic heterocycles. The number of aliphatic carboxylic acids is 1. The lowest BCUT2D eigenvalue weighted by Gasteiger charge is -2.13. The van der Waals surface area contributed by atoms with Crippen molar-refractivity contribution in [1.29, 1.82) is 0 Å².